The van der Waals surface area contributed by atoms with Gasteiger partial charge in [-0.2, -0.15) is 0 Å². The van der Waals surface area contributed by atoms with Crippen molar-refractivity contribution in [3.8, 4) is 11.3 Å². The summed E-state index contributed by atoms with van der Waals surface area (Å²) in [6.45, 7) is 1.73. The lowest BCUT2D eigenvalue weighted by Gasteiger charge is -2.18. The molecule has 0 unspecified atom stereocenters. The van der Waals surface area contributed by atoms with E-state index in [1.807, 2.05) is 0 Å². The largest absolute Gasteiger partial charge is 0.312 e. The lowest BCUT2D eigenvalue weighted by molar-refractivity contribution is 0.625. The molecule has 1 aromatic heterocycles. The third kappa shape index (κ3) is 2.35. The number of nitrogens with zero attached hydrogens (tertiary/aromatic N) is 2. The van der Waals surface area contributed by atoms with E-state index in [1.165, 1.54) is 12.1 Å². The van der Waals surface area contributed by atoms with Crippen LogP contribution in [0.1, 0.15) is 11.3 Å². The van der Waals surface area contributed by atoms with Crippen LogP contribution in [0.25, 0.3) is 11.3 Å². The Balaban J connectivity index is 0.00000120. The van der Waals surface area contributed by atoms with Gasteiger partial charge >= 0.3 is 0 Å². The minimum atomic E-state index is -0.227. The molecule has 0 bridgehead atoms. The van der Waals surface area contributed by atoms with Gasteiger partial charge in [0, 0.05) is 30.6 Å². The number of aromatic nitrogens is 2. The predicted molar refractivity (Wildman–Crippen MR) is 70.1 cm³/mol. The summed E-state index contributed by atoms with van der Waals surface area (Å²) in [4.78, 5) is 8.62. The second kappa shape index (κ2) is 5.42. The molecule has 0 amide bonds. The van der Waals surface area contributed by atoms with Gasteiger partial charge in [0.25, 0.3) is 0 Å². The van der Waals surface area contributed by atoms with Gasteiger partial charge in [0.2, 0.25) is 0 Å². The van der Waals surface area contributed by atoms with Crippen LogP contribution in [0.5, 0.6) is 0 Å². The second-order valence-corrected chi connectivity index (χ2v) is 4.08. The first kappa shape index (κ1) is 12.9. The Kier molecular flexibility index (Phi) is 3.89. The van der Waals surface area contributed by atoms with Crippen LogP contribution in [0.15, 0.2) is 30.6 Å². The molecule has 0 saturated heterocycles. The molecule has 1 aliphatic rings. The van der Waals surface area contributed by atoms with Gasteiger partial charge in [-0.3, -0.25) is 0 Å². The zero-order valence-electron chi connectivity index (χ0n) is 9.69. The van der Waals surface area contributed by atoms with Crippen LogP contribution >= 0.6 is 12.4 Å². The molecule has 2 aromatic rings. The highest BCUT2D eigenvalue weighted by Crippen LogP contribution is 2.24. The Hall–Kier alpha value is -1.52. The predicted octanol–water partition coefficient (Wildman–Crippen LogP) is 2.35. The molecular formula is C13H13ClFN3. The van der Waals surface area contributed by atoms with Gasteiger partial charge < -0.3 is 5.32 Å². The average molecular weight is 266 g/mol. The summed E-state index contributed by atoms with van der Waals surface area (Å²) in [6.07, 6.45) is 2.51. The zero-order chi connectivity index (χ0) is 11.7. The van der Waals surface area contributed by atoms with E-state index in [1.54, 1.807) is 18.5 Å². The molecule has 94 valence electrons. The van der Waals surface area contributed by atoms with Gasteiger partial charge in [-0.15, -0.1) is 12.4 Å². The van der Waals surface area contributed by atoms with E-state index in [0.29, 0.717) is 0 Å². The fourth-order valence-corrected chi connectivity index (χ4v) is 2.13. The molecule has 18 heavy (non-hydrogen) atoms. The maximum Gasteiger partial charge on any atom is 0.123 e. The Morgan fingerprint density at radius 3 is 2.67 bits per heavy atom. The van der Waals surface area contributed by atoms with Crippen LogP contribution in [0.2, 0.25) is 0 Å². The van der Waals surface area contributed by atoms with Crippen LogP contribution in [-0.2, 0) is 13.0 Å². The van der Waals surface area contributed by atoms with Crippen LogP contribution in [-0.4, -0.2) is 16.5 Å². The summed E-state index contributed by atoms with van der Waals surface area (Å²) in [7, 11) is 0. The topological polar surface area (TPSA) is 37.8 Å². The molecule has 1 aromatic carbocycles. The first-order valence-electron chi connectivity index (χ1n) is 5.64. The van der Waals surface area contributed by atoms with Crippen molar-refractivity contribution in [2.45, 2.75) is 13.0 Å². The summed E-state index contributed by atoms with van der Waals surface area (Å²) < 4.78 is 12.9. The quantitative estimate of drug-likeness (QED) is 0.860. The van der Waals surface area contributed by atoms with Gasteiger partial charge in [0.05, 0.1) is 11.4 Å². The number of rotatable bonds is 1. The lowest BCUT2D eigenvalue weighted by Crippen LogP contribution is -2.25. The van der Waals surface area contributed by atoms with E-state index in [4.69, 9.17) is 0 Å². The lowest BCUT2D eigenvalue weighted by atomic mass is 10.0. The first-order chi connectivity index (χ1) is 8.34. The fraction of sp³-hybridized carbons (Fsp3) is 0.231. The van der Waals surface area contributed by atoms with Gasteiger partial charge in [0.15, 0.2) is 0 Å². The Morgan fingerprint density at radius 2 is 1.89 bits per heavy atom. The summed E-state index contributed by atoms with van der Waals surface area (Å²) in [6, 6.07) is 6.43. The smallest absolute Gasteiger partial charge is 0.123 e. The third-order valence-electron chi connectivity index (χ3n) is 2.99. The highest BCUT2D eigenvalue weighted by atomic mass is 35.5. The maximum absolute atomic E-state index is 12.9. The SMILES string of the molecule is Cl.Fc1ccc(-c2ncnc3c2CNCC3)cc1. The number of halogens is 2. The maximum atomic E-state index is 12.9. The molecule has 0 saturated carbocycles. The molecular weight excluding hydrogens is 253 g/mol. The van der Waals surface area contributed by atoms with E-state index in [-0.39, 0.29) is 18.2 Å². The molecule has 0 aliphatic carbocycles. The van der Waals surface area contributed by atoms with Gasteiger partial charge in [-0.05, 0) is 24.3 Å². The van der Waals surface area contributed by atoms with E-state index in [9.17, 15) is 4.39 Å². The third-order valence-corrected chi connectivity index (χ3v) is 2.99. The summed E-state index contributed by atoms with van der Waals surface area (Å²) in [5.41, 5.74) is 4.07. The van der Waals surface area contributed by atoms with Crippen molar-refractivity contribution in [1.82, 2.24) is 15.3 Å². The fourth-order valence-electron chi connectivity index (χ4n) is 2.13. The molecule has 0 radical (unpaired) electrons. The van der Waals surface area contributed by atoms with Crippen molar-refractivity contribution >= 4 is 12.4 Å². The van der Waals surface area contributed by atoms with Gasteiger partial charge in [-0.1, -0.05) is 0 Å². The summed E-state index contributed by atoms with van der Waals surface area (Å²) >= 11 is 0. The van der Waals surface area contributed by atoms with Crippen molar-refractivity contribution < 1.29 is 4.39 Å². The molecule has 1 aliphatic heterocycles. The summed E-state index contributed by atoms with van der Waals surface area (Å²) in [5, 5.41) is 3.31. The number of hydrogen-bond donors (Lipinski definition) is 1. The minimum absolute atomic E-state index is 0. The van der Waals surface area contributed by atoms with Crippen LogP contribution in [0.4, 0.5) is 4.39 Å². The van der Waals surface area contributed by atoms with Crippen LogP contribution in [0, 0.1) is 5.82 Å². The molecule has 3 nitrogen and oxygen atoms in total. The Bertz CT molecular complexity index is 542. The minimum Gasteiger partial charge on any atom is -0.312 e. The first-order valence-corrected chi connectivity index (χ1v) is 5.64. The molecule has 3 rings (SSSR count). The highest BCUT2D eigenvalue weighted by molar-refractivity contribution is 5.85. The normalized spacial score (nSPS) is 13.6. The van der Waals surface area contributed by atoms with Crippen molar-refractivity contribution in [3.63, 3.8) is 0 Å². The highest BCUT2D eigenvalue weighted by Gasteiger charge is 2.15. The van der Waals surface area contributed by atoms with E-state index in [2.05, 4.69) is 15.3 Å². The molecule has 0 fully saturated rings. The van der Waals surface area contributed by atoms with E-state index in [0.717, 1.165) is 42.0 Å². The average Bonchev–Trinajstić information content (AvgIpc) is 2.39. The second-order valence-electron chi connectivity index (χ2n) is 4.08. The molecule has 0 spiro atoms. The molecule has 2 heterocycles. The Morgan fingerprint density at radius 1 is 1.11 bits per heavy atom. The van der Waals surface area contributed by atoms with Crippen molar-refractivity contribution in [2.75, 3.05) is 6.54 Å². The summed E-state index contributed by atoms with van der Waals surface area (Å²) in [5.74, 6) is -0.227. The monoisotopic (exact) mass is 265 g/mol. The molecule has 1 N–H and O–H groups in total. The van der Waals surface area contributed by atoms with E-state index >= 15 is 0 Å². The number of hydrogen-bond acceptors (Lipinski definition) is 3. The number of fused-ring (bicyclic) bond motifs is 1. The standard InChI is InChI=1S/C13H12FN3.ClH/c14-10-3-1-9(2-4-10)13-11-7-15-6-5-12(11)16-8-17-13;/h1-4,8,15H,5-7H2;1H. The van der Waals surface area contributed by atoms with Gasteiger partial charge in [0.1, 0.15) is 12.1 Å². The van der Waals surface area contributed by atoms with Gasteiger partial charge in [-0.25, -0.2) is 14.4 Å². The number of nitrogens with one attached hydrogen (secondary N) is 1. The van der Waals surface area contributed by atoms with E-state index < -0.39 is 0 Å². The van der Waals surface area contributed by atoms with Crippen molar-refractivity contribution in [3.05, 3.63) is 47.7 Å². The van der Waals surface area contributed by atoms with Crippen LogP contribution in [0.3, 0.4) is 0 Å². The van der Waals surface area contributed by atoms with Crippen molar-refractivity contribution in [1.29, 1.82) is 0 Å². The number of benzene rings is 1. The zero-order valence-corrected chi connectivity index (χ0v) is 10.5. The van der Waals surface area contributed by atoms with Crippen LogP contribution < -0.4 is 5.32 Å². The molecule has 0 atom stereocenters. The van der Waals surface area contributed by atoms with Crippen molar-refractivity contribution in [2.24, 2.45) is 0 Å². The Labute approximate surface area is 111 Å². The molecule has 5 heteroatoms.